The number of esters is 1. The van der Waals surface area contributed by atoms with E-state index in [1.807, 2.05) is 11.4 Å². The number of terminal acetylenes is 1. The van der Waals surface area contributed by atoms with Crippen LogP contribution in [0.3, 0.4) is 0 Å². The molecule has 2 nitrogen and oxygen atoms in total. The first-order valence-corrected chi connectivity index (χ1v) is 4.36. The quantitative estimate of drug-likeness (QED) is 0.403. The van der Waals surface area contributed by atoms with Crippen molar-refractivity contribution in [1.29, 1.82) is 0 Å². The summed E-state index contributed by atoms with van der Waals surface area (Å²) in [4.78, 5) is 11.7. The van der Waals surface area contributed by atoms with Gasteiger partial charge in [0, 0.05) is 6.42 Å². The van der Waals surface area contributed by atoms with Gasteiger partial charge in [-0.3, -0.25) is 0 Å². The Morgan fingerprint density at radius 1 is 1.75 bits per heavy atom. The van der Waals surface area contributed by atoms with Gasteiger partial charge < -0.3 is 4.74 Å². The number of rotatable bonds is 3. The SMILES string of the molecule is C#CCCOC(=O)c1cccs1. The summed E-state index contributed by atoms with van der Waals surface area (Å²) >= 11 is 1.36. The van der Waals surface area contributed by atoms with E-state index >= 15 is 0 Å². The normalized spacial score (nSPS) is 8.92. The zero-order valence-electron chi connectivity index (χ0n) is 6.45. The molecule has 0 saturated heterocycles. The van der Waals surface area contributed by atoms with Crippen molar-refractivity contribution in [3.05, 3.63) is 22.4 Å². The molecular formula is C9H8O2S. The second-order valence-corrected chi connectivity index (χ2v) is 3.02. The van der Waals surface area contributed by atoms with Gasteiger partial charge in [-0.1, -0.05) is 6.07 Å². The highest BCUT2D eigenvalue weighted by Crippen LogP contribution is 2.09. The van der Waals surface area contributed by atoms with Gasteiger partial charge in [-0.05, 0) is 11.4 Å². The van der Waals surface area contributed by atoms with E-state index in [1.54, 1.807) is 6.07 Å². The van der Waals surface area contributed by atoms with Crippen molar-refractivity contribution < 1.29 is 9.53 Å². The van der Waals surface area contributed by atoms with Crippen LogP contribution in [0.4, 0.5) is 0 Å². The molecule has 0 amide bonds. The predicted molar refractivity (Wildman–Crippen MR) is 48.1 cm³/mol. The van der Waals surface area contributed by atoms with E-state index in [9.17, 15) is 4.79 Å². The number of hydrogen-bond donors (Lipinski definition) is 0. The average molecular weight is 180 g/mol. The van der Waals surface area contributed by atoms with Crippen LogP contribution in [0.1, 0.15) is 16.1 Å². The van der Waals surface area contributed by atoms with Crippen molar-refractivity contribution in [3.63, 3.8) is 0 Å². The number of carbonyl (C=O) groups is 1. The molecule has 0 aromatic carbocycles. The fourth-order valence-corrected chi connectivity index (χ4v) is 1.28. The molecular weight excluding hydrogens is 172 g/mol. The van der Waals surface area contributed by atoms with Crippen molar-refractivity contribution in [2.75, 3.05) is 6.61 Å². The van der Waals surface area contributed by atoms with Crippen LogP contribution in [0.2, 0.25) is 0 Å². The largest absolute Gasteiger partial charge is 0.460 e. The van der Waals surface area contributed by atoms with E-state index in [0.717, 1.165) is 0 Å². The van der Waals surface area contributed by atoms with Crippen LogP contribution in [-0.2, 0) is 4.74 Å². The van der Waals surface area contributed by atoms with E-state index in [-0.39, 0.29) is 5.97 Å². The van der Waals surface area contributed by atoms with Crippen LogP contribution in [0, 0.1) is 12.3 Å². The van der Waals surface area contributed by atoms with Gasteiger partial charge >= 0.3 is 5.97 Å². The van der Waals surface area contributed by atoms with Crippen molar-refractivity contribution >= 4 is 17.3 Å². The summed E-state index contributed by atoms with van der Waals surface area (Å²) in [5.41, 5.74) is 0. The molecule has 1 rings (SSSR count). The number of carbonyl (C=O) groups excluding carboxylic acids is 1. The summed E-state index contributed by atoms with van der Waals surface area (Å²) in [6.07, 6.45) is 5.46. The molecule has 0 aliphatic rings. The fraction of sp³-hybridized carbons (Fsp3) is 0.222. The summed E-state index contributed by atoms with van der Waals surface area (Å²) in [6, 6.07) is 3.53. The van der Waals surface area contributed by atoms with Crippen LogP contribution in [0.15, 0.2) is 17.5 Å². The van der Waals surface area contributed by atoms with Crippen molar-refractivity contribution in [1.82, 2.24) is 0 Å². The van der Waals surface area contributed by atoms with Gasteiger partial charge in [0.05, 0.1) is 0 Å². The minimum absolute atomic E-state index is 0.291. The average Bonchev–Trinajstić information content (AvgIpc) is 2.56. The second kappa shape index (κ2) is 4.58. The van der Waals surface area contributed by atoms with Crippen molar-refractivity contribution in [2.24, 2.45) is 0 Å². The topological polar surface area (TPSA) is 26.3 Å². The Bertz CT molecular complexity index is 282. The van der Waals surface area contributed by atoms with Gasteiger partial charge in [0.2, 0.25) is 0 Å². The van der Waals surface area contributed by atoms with Crippen LogP contribution in [-0.4, -0.2) is 12.6 Å². The summed E-state index contributed by atoms with van der Waals surface area (Å²) < 4.78 is 4.86. The molecule has 62 valence electrons. The molecule has 0 aliphatic carbocycles. The Morgan fingerprint density at radius 2 is 2.58 bits per heavy atom. The van der Waals surface area contributed by atoms with E-state index in [1.165, 1.54) is 11.3 Å². The van der Waals surface area contributed by atoms with Gasteiger partial charge in [-0.15, -0.1) is 23.7 Å². The highest BCUT2D eigenvalue weighted by Gasteiger charge is 2.05. The maximum Gasteiger partial charge on any atom is 0.348 e. The molecule has 0 N–H and O–H groups in total. The van der Waals surface area contributed by atoms with Crippen molar-refractivity contribution in [3.8, 4) is 12.3 Å². The van der Waals surface area contributed by atoms with Crippen LogP contribution in [0.25, 0.3) is 0 Å². The highest BCUT2D eigenvalue weighted by atomic mass is 32.1. The molecule has 0 radical (unpaired) electrons. The first-order valence-electron chi connectivity index (χ1n) is 3.48. The zero-order valence-corrected chi connectivity index (χ0v) is 7.26. The molecule has 0 aliphatic heterocycles. The first kappa shape index (κ1) is 8.82. The Kier molecular flexibility index (Phi) is 3.36. The standard InChI is InChI=1S/C9H8O2S/c1-2-3-6-11-9(10)8-5-4-7-12-8/h1,4-5,7H,3,6H2. The number of thiophene rings is 1. The highest BCUT2D eigenvalue weighted by molar-refractivity contribution is 7.11. The Labute approximate surface area is 75.2 Å². The maximum atomic E-state index is 11.1. The Balaban J connectivity index is 2.36. The summed E-state index contributed by atoms with van der Waals surface area (Å²) in [5, 5.41) is 1.83. The summed E-state index contributed by atoms with van der Waals surface area (Å²) in [7, 11) is 0. The van der Waals surface area contributed by atoms with E-state index in [4.69, 9.17) is 11.2 Å². The molecule has 3 heteroatoms. The molecule has 1 heterocycles. The third-order valence-electron chi connectivity index (χ3n) is 1.20. The predicted octanol–water partition coefficient (Wildman–Crippen LogP) is 1.93. The molecule has 0 atom stereocenters. The lowest BCUT2D eigenvalue weighted by Gasteiger charge is -1.98. The van der Waals surface area contributed by atoms with Gasteiger partial charge in [-0.25, -0.2) is 4.79 Å². The Hall–Kier alpha value is -1.27. The Morgan fingerprint density at radius 3 is 3.17 bits per heavy atom. The lowest BCUT2D eigenvalue weighted by Crippen LogP contribution is -2.03. The minimum atomic E-state index is -0.291. The lowest BCUT2D eigenvalue weighted by molar-refractivity contribution is 0.0519. The van der Waals surface area contributed by atoms with E-state index < -0.39 is 0 Å². The molecule has 0 spiro atoms. The van der Waals surface area contributed by atoms with Gasteiger partial charge in [0.25, 0.3) is 0 Å². The van der Waals surface area contributed by atoms with Crippen molar-refractivity contribution in [2.45, 2.75) is 6.42 Å². The second-order valence-electron chi connectivity index (χ2n) is 2.07. The maximum absolute atomic E-state index is 11.1. The van der Waals surface area contributed by atoms with Gasteiger partial charge in [-0.2, -0.15) is 0 Å². The van der Waals surface area contributed by atoms with Gasteiger partial charge in [0.15, 0.2) is 0 Å². The van der Waals surface area contributed by atoms with Crippen LogP contribution >= 0.6 is 11.3 Å². The monoisotopic (exact) mass is 180 g/mol. The first-order chi connectivity index (χ1) is 5.84. The number of hydrogen-bond acceptors (Lipinski definition) is 3. The third-order valence-corrected chi connectivity index (χ3v) is 2.05. The van der Waals surface area contributed by atoms with E-state index in [2.05, 4.69) is 5.92 Å². The molecule has 0 fully saturated rings. The molecule has 1 aromatic heterocycles. The van der Waals surface area contributed by atoms with Crippen LogP contribution in [0.5, 0.6) is 0 Å². The molecule has 0 unspecified atom stereocenters. The summed E-state index contributed by atoms with van der Waals surface area (Å²) in [5.74, 6) is 2.10. The smallest absolute Gasteiger partial charge is 0.348 e. The molecule has 1 aromatic rings. The van der Waals surface area contributed by atoms with Crippen LogP contribution < -0.4 is 0 Å². The van der Waals surface area contributed by atoms with E-state index in [0.29, 0.717) is 17.9 Å². The summed E-state index contributed by atoms with van der Waals surface area (Å²) in [6.45, 7) is 0.299. The minimum Gasteiger partial charge on any atom is -0.460 e. The molecule has 12 heavy (non-hydrogen) atoms. The van der Waals surface area contributed by atoms with Gasteiger partial charge in [0.1, 0.15) is 11.5 Å². The molecule has 0 saturated carbocycles. The third kappa shape index (κ3) is 2.40. The number of ether oxygens (including phenoxy) is 1. The zero-order chi connectivity index (χ0) is 8.81. The fourth-order valence-electron chi connectivity index (χ4n) is 0.668. The molecule has 0 bridgehead atoms. The lowest BCUT2D eigenvalue weighted by atomic mass is 10.4.